The van der Waals surface area contributed by atoms with Crippen LogP contribution in [-0.2, 0) is 6.42 Å². The van der Waals surface area contributed by atoms with Crippen molar-refractivity contribution in [2.75, 3.05) is 6.54 Å². The van der Waals surface area contributed by atoms with Crippen molar-refractivity contribution in [1.29, 1.82) is 0 Å². The Balaban J connectivity index is 1.67. The van der Waals surface area contributed by atoms with E-state index in [1.807, 2.05) is 0 Å². The average molecular weight is 257 g/mol. The van der Waals surface area contributed by atoms with Gasteiger partial charge in [-0.1, -0.05) is 44.0 Å². The predicted octanol–water partition coefficient (Wildman–Crippen LogP) is 4.27. The highest BCUT2D eigenvalue weighted by Crippen LogP contribution is 2.38. The molecule has 1 aromatic carbocycles. The van der Waals surface area contributed by atoms with E-state index in [9.17, 15) is 0 Å². The third-order valence-electron chi connectivity index (χ3n) is 4.87. The molecule has 0 aromatic heterocycles. The van der Waals surface area contributed by atoms with Gasteiger partial charge in [-0.2, -0.15) is 0 Å². The molecule has 1 saturated carbocycles. The van der Waals surface area contributed by atoms with Gasteiger partial charge in [0.25, 0.3) is 0 Å². The highest BCUT2D eigenvalue weighted by Gasteiger charge is 2.28. The van der Waals surface area contributed by atoms with E-state index in [0.29, 0.717) is 0 Å². The van der Waals surface area contributed by atoms with Gasteiger partial charge in [-0.05, 0) is 61.6 Å². The van der Waals surface area contributed by atoms with E-state index in [2.05, 4.69) is 36.5 Å². The van der Waals surface area contributed by atoms with Crippen molar-refractivity contribution < 1.29 is 0 Å². The van der Waals surface area contributed by atoms with E-state index in [0.717, 1.165) is 24.4 Å². The molecule has 19 heavy (non-hydrogen) atoms. The van der Waals surface area contributed by atoms with Gasteiger partial charge >= 0.3 is 0 Å². The lowest BCUT2D eigenvalue weighted by Crippen LogP contribution is -2.31. The molecular formula is C18H27N. The molecule has 0 saturated heterocycles. The molecule has 1 aromatic rings. The van der Waals surface area contributed by atoms with Gasteiger partial charge in [0.1, 0.15) is 0 Å². The monoisotopic (exact) mass is 257 g/mol. The van der Waals surface area contributed by atoms with Gasteiger partial charge in [0.05, 0.1) is 0 Å². The number of hydrogen-bond acceptors (Lipinski definition) is 1. The van der Waals surface area contributed by atoms with Gasteiger partial charge in [0, 0.05) is 6.04 Å². The Bertz CT molecular complexity index is 408. The van der Waals surface area contributed by atoms with Gasteiger partial charge in [-0.25, -0.2) is 0 Å². The second-order valence-electron chi connectivity index (χ2n) is 6.46. The summed E-state index contributed by atoms with van der Waals surface area (Å²) < 4.78 is 0. The third kappa shape index (κ3) is 3.39. The van der Waals surface area contributed by atoms with E-state index in [1.165, 1.54) is 44.9 Å². The molecule has 0 radical (unpaired) electrons. The molecule has 1 N–H and O–H groups in total. The number of fused-ring (bicyclic) bond motifs is 1. The van der Waals surface area contributed by atoms with Crippen LogP contribution in [0.1, 0.15) is 62.5 Å². The lowest BCUT2D eigenvalue weighted by molar-refractivity contribution is 0.386. The van der Waals surface area contributed by atoms with Gasteiger partial charge < -0.3 is 5.32 Å². The van der Waals surface area contributed by atoms with Gasteiger partial charge in [-0.15, -0.1) is 0 Å². The standard InChI is InChI=1S/C18H27N/c1-2-19-17(12-14-10-11-14)13-16-8-5-7-15-6-3-4-9-18(15)16/h3-4,6,9,14,16-17,19H,2,5,7-8,10-13H2,1H3. The van der Waals surface area contributed by atoms with Crippen LogP contribution in [0.25, 0.3) is 0 Å². The largest absolute Gasteiger partial charge is 0.314 e. The third-order valence-corrected chi connectivity index (χ3v) is 4.87. The zero-order valence-corrected chi connectivity index (χ0v) is 12.2. The first-order chi connectivity index (χ1) is 9.36. The topological polar surface area (TPSA) is 12.0 Å². The fourth-order valence-corrected chi connectivity index (χ4v) is 3.75. The minimum absolute atomic E-state index is 0.744. The zero-order chi connectivity index (χ0) is 13.1. The van der Waals surface area contributed by atoms with Crippen LogP contribution in [0, 0.1) is 5.92 Å². The van der Waals surface area contributed by atoms with Crippen LogP contribution in [0.4, 0.5) is 0 Å². The van der Waals surface area contributed by atoms with Crippen LogP contribution in [0.15, 0.2) is 24.3 Å². The maximum Gasteiger partial charge on any atom is 0.00754 e. The maximum atomic E-state index is 3.73. The first kappa shape index (κ1) is 13.2. The van der Waals surface area contributed by atoms with E-state index >= 15 is 0 Å². The zero-order valence-electron chi connectivity index (χ0n) is 12.2. The summed E-state index contributed by atoms with van der Waals surface area (Å²) in [5.41, 5.74) is 3.26. The highest BCUT2D eigenvalue weighted by molar-refractivity contribution is 5.32. The molecule has 104 valence electrons. The summed E-state index contributed by atoms with van der Waals surface area (Å²) in [4.78, 5) is 0. The maximum absolute atomic E-state index is 3.73. The smallest absolute Gasteiger partial charge is 0.00754 e. The molecule has 0 amide bonds. The van der Waals surface area contributed by atoms with E-state index in [-0.39, 0.29) is 0 Å². The number of benzene rings is 1. The van der Waals surface area contributed by atoms with E-state index in [1.54, 1.807) is 11.1 Å². The van der Waals surface area contributed by atoms with Crippen LogP contribution in [-0.4, -0.2) is 12.6 Å². The molecule has 1 nitrogen and oxygen atoms in total. The Kier molecular flexibility index (Phi) is 4.22. The van der Waals surface area contributed by atoms with Crippen molar-refractivity contribution in [2.24, 2.45) is 5.92 Å². The van der Waals surface area contributed by atoms with Crippen molar-refractivity contribution in [3.63, 3.8) is 0 Å². The van der Waals surface area contributed by atoms with Crippen LogP contribution in [0.3, 0.4) is 0 Å². The van der Waals surface area contributed by atoms with E-state index in [4.69, 9.17) is 0 Å². The van der Waals surface area contributed by atoms with Crippen molar-refractivity contribution in [2.45, 2.75) is 63.8 Å². The first-order valence-electron chi connectivity index (χ1n) is 8.18. The number of rotatable bonds is 6. The van der Waals surface area contributed by atoms with Crippen molar-refractivity contribution >= 4 is 0 Å². The Morgan fingerprint density at radius 1 is 1.16 bits per heavy atom. The number of nitrogens with one attached hydrogen (secondary N) is 1. The first-order valence-corrected chi connectivity index (χ1v) is 8.18. The Hall–Kier alpha value is -0.820. The van der Waals surface area contributed by atoms with Gasteiger partial charge in [0.2, 0.25) is 0 Å². The summed E-state index contributed by atoms with van der Waals surface area (Å²) in [6.45, 7) is 3.36. The van der Waals surface area contributed by atoms with Crippen LogP contribution in [0.5, 0.6) is 0 Å². The van der Waals surface area contributed by atoms with Gasteiger partial charge in [0.15, 0.2) is 0 Å². The minimum Gasteiger partial charge on any atom is -0.314 e. The van der Waals surface area contributed by atoms with E-state index < -0.39 is 0 Å². The number of aryl methyl sites for hydroxylation is 1. The second kappa shape index (κ2) is 6.09. The van der Waals surface area contributed by atoms with Crippen molar-refractivity contribution in [3.05, 3.63) is 35.4 Å². The molecule has 2 atom stereocenters. The lowest BCUT2D eigenvalue weighted by Gasteiger charge is -2.29. The van der Waals surface area contributed by atoms with Crippen LogP contribution < -0.4 is 5.32 Å². The molecule has 0 spiro atoms. The molecule has 2 aliphatic carbocycles. The average Bonchev–Trinajstić information content (AvgIpc) is 3.23. The van der Waals surface area contributed by atoms with Crippen LogP contribution in [0.2, 0.25) is 0 Å². The SMILES string of the molecule is CCNC(CC1CC1)CC1CCCc2ccccc21. The summed E-state index contributed by atoms with van der Waals surface area (Å²) in [5.74, 6) is 1.83. The number of hydrogen-bond donors (Lipinski definition) is 1. The molecule has 1 heteroatoms. The summed E-state index contributed by atoms with van der Waals surface area (Å²) in [5, 5.41) is 3.73. The molecule has 0 aliphatic heterocycles. The summed E-state index contributed by atoms with van der Waals surface area (Å²) in [6, 6.07) is 9.88. The summed E-state index contributed by atoms with van der Waals surface area (Å²) in [7, 11) is 0. The molecule has 0 heterocycles. The Morgan fingerprint density at radius 3 is 2.79 bits per heavy atom. The Labute approximate surface area is 117 Å². The lowest BCUT2D eigenvalue weighted by atomic mass is 9.79. The highest BCUT2D eigenvalue weighted by atomic mass is 14.9. The molecule has 1 fully saturated rings. The minimum atomic E-state index is 0.744. The molecular weight excluding hydrogens is 230 g/mol. The summed E-state index contributed by atoms with van der Waals surface area (Å²) in [6.07, 6.45) is 9.77. The summed E-state index contributed by atoms with van der Waals surface area (Å²) >= 11 is 0. The normalized spacial score (nSPS) is 23.9. The molecule has 3 rings (SSSR count). The Morgan fingerprint density at radius 2 is 2.00 bits per heavy atom. The predicted molar refractivity (Wildman–Crippen MR) is 81.5 cm³/mol. The fourth-order valence-electron chi connectivity index (χ4n) is 3.75. The van der Waals surface area contributed by atoms with Gasteiger partial charge in [-0.3, -0.25) is 0 Å². The fraction of sp³-hybridized carbons (Fsp3) is 0.667. The van der Waals surface area contributed by atoms with Crippen molar-refractivity contribution in [1.82, 2.24) is 5.32 Å². The molecule has 0 bridgehead atoms. The quantitative estimate of drug-likeness (QED) is 0.802. The molecule has 2 unspecified atom stereocenters. The van der Waals surface area contributed by atoms with Crippen LogP contribution >= 0.6 is 0 Å². The van der Waals surface area contributed by atoms with Crippen molar-refractivity contribution in [3.8, 4) is 0 Å². The molecule has 2 aliphatic rings. The second-order valence-corrected chi connectivity index (χ2v) is 6.46.